The second-order valence-electron chi connectivity index (χ2n) is 4.98. The van der Waals surface area contributed by atoms with E-state index >= 15 is 0 Å². The summed E-state index contributed by atoms with van der Waals surface area (Å²) in [5.41, 5.74) is 2.83. The van der Waals surface area contributed by atoms with Crippen LogP contribution in [0.3, 0.4) is 0 Å². The fourth-order valence-corrected chi connectivity index (χ4v) is 3.35. The second kappa shape index (κ2) is 6.29. The van der Waals surface area contributed by atoms with Crippen molar-refractivity contribution >= 4 is 28.5 Å². The van der Waals surface area contributed by atoms with Gasteiger partial charge >= 0.3 is 0 Å². The standard InChI is InChI=1S/C16H15N3O3S/c1-18-14-6-4-3-5-13(14)17-16(18)23-10-11-9-12(19(20)21)7-8-15(11)22-2/h3-9H,10H2,1-2H3. The first-order chi connectivity index (χ1) is 11.1. The Morgan fingerprint density at radius 2 is 2.09 bits per heavy atom. The van der Waals surface area contributed by atoms with Crippen LogP contribution in [0.15, 0.2) is 47.6 Å². The molecule has 0 saturated heterocycles. The molecule has 0 saturated carbocycles. The van der Waals surface area contributed by atoms with E-state index in [2.05, 4.69) is 4.98 Å². The molecule has 0 aliphatic carbocycles. The number of methoxy groups -OCH3 is 1. The predicted octanol–water partition coefficient (Wildman–Crippen LogP) is 3.78. The molecule has 1 heterocycles. The van der Waals surface area contributed by atoms with Gasteiger partial charge in [0.15, 0.2) is 5.16 Å². The first-order valence-electron chi connectivity index (χ1n) is 6.95. The zero-order valence-corrected chi connectivity index (χ0v) is 13.5. The number of nitrogens with zero attached hydrogens (tertiary/aromatic N) is 3. The van der Waals surface area contributed by atoms with E-state index in [0.29, 0.717) is 11.5 Å². The average molecular weight is 329 g/mol. The van der Waals surface area contributed by atoms with Gasteiger partial charge in [-0.15, -0.1) is 0 Å². The SMILES string of the molecule is COc1ccc([N+](=O)[O-])cc1CSc1nc2ccccc2n1C. The highest BCUT2D eigenvalue weighted by Gasteiger charge is 2.13. The monoisotopic (exact) mass is 329 g/mol. The highest BCUT2D eigenvalue weighted by atomic mass is 32.2. The molecule has 23 heavy (non-hydrogen) atoms. The van der Waals surface area contributed by atoms with Gasteiger partial charge in [-0.3, -0.25) is 10.1 Å². The lowest BCUT2D eigenvalue weighted by Crippen LogP contribution is -1.96. The van der Waals surface area contributed by atoms with Crippen molar-refractivity contribution < 1.29 is 9.66 Å². The lowest BCUT2D eigenvalue weighted by atomic mass is 10.2. The molecule has 1 aromatic heterocycles. The van der Waals surface area contributed by atoms with Crippen LogP contribution in [-0.2, 0) is 12.8 Å². The number of thioether (sulfide) groups is 1. The van der Waals surface area contributed by atoms with Crippen molar-refractivity contribution in [3.63, 3.8) is 0 Å². The molecule has 0 fully saturated rings. The molecule has 6 nitrogen and oxygen atoms in total. The number of nitro groups is 1. The lowest BCUT2D eigenvalue weighted by molar-refractivity contribution is -0.384. The van der Waals surface area contributed by atoms with E-state index in [1.54, 1.807) is 19.2 Å². The van der Waals surface area contributed by atoms with E-state index in [9.17, 15) is 10.1 Å². The minimum Gasteiger partial charge on any atom is -0.496 e. The number of ether oxygens (including phenoxy) is 1. The van der Waals surface area contributed by atoms with E-state index in [4.69, 9.17) is 4.74 Å². The van der Waals surface area contributed by atoms with Crippen LogP contribution >= 0.6 is 11.8 Å². The molecule has 0 atom stereocenters. The van der Waals surface area contributed by atoms with Gasteiger partial charge in [0.1, 0.15) is 5.75 Å². The summed E-state index contributed by atoms with van der Waals surface area (Å²) in [6, 6.07) is 12.5. The van der Waals surface area contributed by atoms with Crippen molar-refractivity contribution in [1.82, 2.24) is 9.55 Å². The summed E-state index contributed by atoms with van der Waals surface area (Å²) in [5.74, 6) is 1.18. The van der Waals surface area contributed by atoms with E-state index in [1.807, 2.05) is 35.9 Å². The van der Waals surface area contributed by atoms with Crippen molar-refractivity contribution in [3.05, 3.63) is 58.1 Å². The van der Waals surface area contributed by atoms with Crippen molar-refractivity contribution in [2.45, 2.75) is 10.9 Å². The van der Waals surface area contributed by atoms with E-state index in [0.717, 1.165) is 21.8 Å². The number of imidazole rings is 1. The smallest absolute Gasteiger partial charge is 0.270 e. The third-order valence-electron chi connectivity index (χ3n) is 3.58. The van der Waals surface area contributed by atoms with Gasteiger partial charge in [-0.25, -0.2) is 4.98 Å². The molecule has 7 heteroatoms. The molecule has 118 valence electrons. The van der Waals surface area contributed by atoms with Crippen molar-refractivity contribution in [2.24, 2.45) is 7.05 Å². The Bertz CT molecular complexity index is 876. The Kier molecular flexibility index (Phi) is 4.20. The number of aryl methyl sites for hydroxylation is 1. The summed E-state index contributed by atoms with van der Waals surface area (Å²) >= 11 is 1.53. The molecule has 0 radical (unpaired) electrons. The molecule has 0 amide bonds. The number of aromatic nitrogens is 2. The van der Waals surface area contributed by atoms with Crippen LogP contribution in [0.1, 0.15) is 5.56 Å². The largest absolute Gasteiger partial charge is 0.496 e. The first-order valence-corrected chi connectivity index (χ1v) is 7.94. The molecular weight excluding hydrogens is 314 g/mol. The molecule has 3 aromatic rings. The number of hydrogen-bond acceptors (Lipinski definition) is 5. The first kappa shape index (κ1) is 15.4. The second-order valence-corrected chi connectivity index (χ2v) is 5.93. The summed E-state index contributed by atoms with van der Waals surface area (Å²) in [6.07, 6.45) is 0. The molecule has 0 unspecified atom stereocenters. The van der Waals surface area contributed by atoms with Crippen LogP contribution < -0.4 is 4.74 Å². The van der Waals surface area contributed by atoms with Gasteiger partial charge in [-0.05, 0) is 18.2 Å². The molecule has 0 N–H and O–H groups in total. The molecule has 0 spiro atoms. The summed E-state index contributed by atoms with van der Waals surface area (Å²) in [4.78, 5) is 15.1. The zero-order valence-electron chi connectivity index (χ0n) is 12.7. The third-order valence-corrected chi connectivity index (χ3v) is 4.66. The Morgan fingerprint density at radius 3 is 2.78 bits per heavy atom. The van der Waals surface area contributed by atoms with Crippen molar-refractivity contribution in [2.75, 3.05) is 7.11 Å². The molecule has 2 aromatic carbocycles. The van der Waals surface area contributed by atoms with Crippen molar-refractivity contribution in [1.29, 1.82) is 0 Å². The van der Waals surface area contributed by atoms with Crippen LogP contribution in [0.5, 0.6) is 5.75 Å². The topological polar surface area (TPSA) is 70.2 Å². The van der Waals surface area contributed by atoms with Crippen LogP contribution in [-0.4, -0.2) is 21.6 Å². The van der Waals surface area contributed by atoms with Gasteiger partial charge in [-0.2, -0.15) is 0 Å². The maximum Gasteiger partial charge on any atom is 0.270 e. The van der Waals surface area contributed by atoms with Crippen LogP contribution in [0.4, 0.5) is 5.69 Å². The Hall–Kier alpha value is -2.54. The summed E-state index contributed by atoms with van der Waals surface area (Å²) < 4.78 is 7.31. The van der Waals surface area contributed by atoms with Gasteiger partial charge in [-0.1, -0.05) is 23.9 Å². The molecular formula is C16H15N3O3S. The highest BCUT2D eigenvalue weighted by Crippen LogP contribution is 2.31. The van der Waals surface area contributed by atoms with Crippen molar-refractivity contribution in [3.8, 4) is 5.75 Å². The van der Waals surface area contributed by atoms with Gasteiger partial charge in [0, 0.05) is 30.5 Å². The Balaban J connectivity index is 1.88. The summed E-state index contributed by atoms with van der Waals surface area (Å²) in [5, 5.41) is 11.8. The summed E-state index contributed by atoms with van der Waals surface area (Å²) in [6.45, 7) is 0. The molecule has 3 rings (SSSR count). The van der Waals surface area contributed by atoms with Gasteiger partial charge in [0.2, 0.25) is 0 Å². The van der Waals surface area contributed by atoms with Crippen LogP contribution in [0.2, 0.25) is 0 Å². The normalized spacial score (nSPS) is 10.9. The minimum absolute atomic E-state index is 0.0615. The molecule has 0 aliphatic heterocycles. The Labute approximate surface area is 137 Å². The number of nitro benzene ring substituents is 1. The summed E-state index contributed by atoms with van der Waals surface area (Å²) in [7, 11) is 3.52. The third kappa shape index (κ3) is 3.00. The number of hydrogen-bond donors (Lipinski definition) is 0. The van der Waals surface area contributed by atoms with Gasteiger partial charge in [0.25, 0.3) is 5.69 Å². The number of para-hydroxylation sites is 2. The number of benzene rings is 2. The van der Waals surface area contributed by atoms with Gasteiger partial charge in [0.05, 0.1) is 23.1 Å². The highest BCUT2D eigenvalue weighted by molar-refractivity contribution is 7.98. The predicted molar refractivity (Wildman–Crippen MR) is 89.9 cm³/mol. The maximum absolute atomic E-state index is 10.9. The number of non-ortho nitro benzene ring substituents is 1. The quantitative estimate of drug-likeness (QED) is 0.405. The lowest BCUT2D eigenvalue weighted by Gasteiger charge is -2.08. The van der Waals surface area contributed by atoms with E-state index in [-0.39, 0.29) is 5.69 Å². The number of rotatable bonds is 5. The van der Waals surface area contributed by atoms with Crippen LogP contribution in [0, 0.1) is 10.1 Å². The Morgan fingerprint density at radius 1 is 1.30 bits per heavy atom. The molecule has 0 aliphatic rings. The maximum atomic E-state index is 10.9. The fraction of sp³-hybridized carbons (Fsp3) is 0.188. The average Bonchev–Trinajstić information content (AvgIpc) is 2.89. The van der Waals surface area contributed by atoms with E-state index < -0.39 is 4.92 Å². The van der Waals surface area contributed by atoms with E-state index in [1.165, 1.54) is 17.8 Å². The minimum atomic E-state index is -0.400. The van der Waals surface area contributed by atoms with Crippen LogP contribution in [0.25, 0.3) is 11.0 Å². The zero-order chi connectivity index (χ0) is 16.4. The fourth-order valence-electron chi connectivity index (χ4n) is 2.39. The molecule has 0 bridgehead atoms. The number of fused-ring (bicyclic) bond motifs is 1. The van der Waals surface area contributed by atoms with Gasteiger partial charge < -0.3 is 9.30 Å².